The summed E-state index contributed by atoms with van der Waals surface area (Å²) in [5.74, 6) is -1.31. The van der Waals surface area contributed by atoms with E-state index in [1.807, 2.05) is 6.92 Å². The van der Waals surface area contributed by atoms with Gasteiger partial charge in [0.1, 0.15) is 0 Å². The monoisotopic (exact) mass is 316 g/mol. The number of hydrogen-bond donors (Lipinski definition) is 1. The molecule has 2 aromatic carbocycles. The largest absolute Gasteiger partial charge is 0.545 e. The zero-order chi connectivity index (χ0) is 16.2. The SMILES string of the molecule is Cc1ccc(S(=O)(=O)Nc2cccc(/C=C/C(=O)[O-])c2)cc1. The summed E-state index contributed by atoms with van der Waals surface area (Å²) >= 11 is 0. The maximum absolute atomic E-state index is 12.3. The van der Waals surface area contributed by atoms with Gasteiger partial charge < -0.3 is 9.90 Å². The number of anilines is 1. The summed E-state index contributed by atoms with van der Waals surface area (Å²) in [4.78, 5) is 10.6. The quantitative estimate of drug-likeness (QED) is 0.848. The van der Waals surface area contributed by atoms with Gasteiger partial charge >= 0.3 is 0 Å². The van der Waals surface area contributed by atoms with Crippen molar-refractivity contribution in [2.75, 3.05) is 4.72 Å². The van der Waals surface area contributed by atoms with Crippen molar-refractivity contribution in [2.24, 2.45) is 0 Å². The third-order valence-corrected chi connectivity index (χ3v) is 4.28. The molecule has 2 rings (SSSR count). The van der Waals surface area contributed by atoms with Crippen molar-refractivity contribution >= 4 is 27.8 Å². The number of carbonyl (C=O) groups is 1. The number of aliphatic carboxylic acids is 1. The van der Waals surface area contributed by atoms with E-state index in [1.54, 1.807) is 30.3 Å². The van der Waals surface area contributed by atoms with Crippen molar-refractivity contribution in [3.05, 3.63) is 65.7 Å². The highest BCUT2D eigenvalue weighted by atomic mass is 32.2. The van der Waals surface area contributed by atoms with E-state index in [2.05, 4.69) is 4.72 Å². The third-order valence-electron chi connectivity index (χ3n) is 2.88. The van der Waals surface area contributed by atoms with Crippen LogP contribution >= 0.6 is 0 Å². The van der Waals surface area contributed by atoms with E-state index in [4.69, 9.17) is 0 Å². The van der Waals surface area contributed by atoms with Crippen LogP contribution in [0.15, 0.2) is 59.5 Å². The maximum Gasteiger partial charge on any atom is 0.261 e. The summed E-state index contributed by atoms with van der Waals surface area (Å²) < 4.78 is 27.0. The molecule has 0 aliphatic carbocycles. The molecule has 0 spiro atoms. The summed E-state index contributed by atoms with van der Waals surface area (Å²) in [6.45, 7) is 1.87. The average molecular weight is 316 g/mol. The van der Waals surface area contributed by atoms with Gasteiger partial charge in [-0.3, -0.25) is 4.72 Å². The minimum atomic E-state index is -3.68. The molecule has 0 amide bonds. The summed E-state index contributed by atoms with van der Waals surface area (Å²) in [5.41, 5.74) is 1.86. The molecular weight excluding hydrogens is 302 g/mol. The highest BCUT2D eigenvalue weighted by Crippen LogP contribution is 2.18. The number of benzene rings is 2. The minimum absolute atomic E-state index is 0.161. The Kier molecular flexibility index (Phi) is 4.62. The molecule has 0 fully saturated rings. The summed E-state index contributed by atoms with van der Waals surface area (Å²) in [6.07, 6.45) is 2.21. The van der Waals surface area contributed by atoms with Crippen LogP contribution in [-0.4, -0.2) is 14.4 Å². The predicted molar refractivity (Wildman–Crippen MR) is 82.5 cm³/mol. The van der Waals surface area contributed by atoms with Crippen LogP contribution in [0.2, 0.25) is 0 Å². The Bertz CT molecular complexity index is 808. The van der Waals surface area contributed by atoms with Gasteiger partial charge in [0.05, 0.1) is 10.9 Å². The Labute approximate surface area is 129 Å². The molecule has 0 atom stereocenters. The molecule has 2 aromatic rings. The van der Waals surface area contributed by atoms with E-state index >= 15 is 0 Å². The molecule has 0 radical (unpaired) electrons. The van der Waals surface area contributed by atoms with E-state index in [9.17, 15) is 18.3 Å². The van der Waals surface area contributed by atoms with Gasteiger partial charge in [0, 0.05) is 5.69 Å². The number of rotatable bonds is 5. The molecule has 0 heterocycles. The van der Waals surface area contributed by atoms with Gasteiger partial charge in [-0.25, -0.2) is 8.42 Å². The van der Waals surface area contributed by atoms with Crippen LogP contribution in [0.1, 0.15) is 11.1 Å². The first-order valence-corrected chi connectivity index (χ1v) is 7.94. The van der Waals surface area contributed by atoms with Gasteiger partial charge in [-0.05, 0) is 42.8 Å². The van der Waals surface area contributed by atoms with Gasteiger partial charge in [-0.2, -0.15) is 0 Å². The fraction of sp³-hybridized carbons (Fsp3) is 0.0625. The summed E-state index contributed by atoms with van der Waals surface area (Å²) in [6, 6.07) is 12.9. The Balaban J connectivity index is 2.24. The molecule has 5 nitrogen and oxygen atoms in total. The lowest BCUT2D eigenvalue weighted by Crippen LogP contribution is -2.18. The first kappa shape index (κ1) is 15.8. The lowest BCUT2D eigenvalue weighted by atomic mass is 10.2. The fourth-order valence-electron chi connectivity index (χ4n) is 1.80. The number of nitrogens with one attached hydrogen (secondary N) is 1. The zero-order valence-electron chi connectivity index (χ0n) is 11.8. The van der Waals surface area contributed by atoms with Gasteiger partial charge in [0.25, 0.3) is 10.0 Å². The lowest BCUT2D eigenvalue weighted by molar-refractivity contribution is -0.297. The summed E-state index contributed by atoms with van der Waals surface area (Å²) in [7, 11) is -3.68. The van der Waals surface area contributed by atoms with Crippen LogP contribution in [0, 0.1) is 6.92 Å². The molecule has 1 N–H and O–H groups in total. The number of carboxylic acids is 1. The standard InChI is InChI=1S/C16H15NO4S/c1-12-5-8-15(9-6-12)22(20,21)17-14-4-2-3-13(11-14)7-10-16(18)19/h2-11,17H,1H3,(H,18,19)/p-1/b10-7+. The normalized spacial score (nSPS) is 11.5. The average Bonchev–Trinajstić information content (AvgIpc) is 2.45. The zero-order valence-corrected chi connectivity index (χ0v) is 12.6. The van der Waals surface area contributed by atoms with E-state index < -0.39 is 16.0 Å². The minimum Gasteiger partial charge on any atom is -0.545 e. The number of hydrogen-bond acceptors (Lipinski definition) is 4. The van der Waals surface area contributed by atoms with Crippen molar-refractivity contribution in [2.45, 2.75) is 11.8 Å². The summed E-state index contributed by atoms with van der Waals surface area (Å²) in [5, 5.41) is 10.4. The Morgan fingerprint density at radius 1 is 1.14 bits per heavy atom. The number of sulfonamides is 1. The van der Waals surface area contributed by atoms with Crippen molar-refractivity contribution in [1.29, 1.82) is 0 Å². The number of carboxylic acid groups (broad SMARTS) is 1. The van der Waals surface area contributed by atoms with Gasteiger partial charge in [-0.1, -0.05) is 35.9 Å². The van der Waals surface area contributed by atoms with E-state index in [0.29, 0.717) is 11.3 Å². The maximum atomic E-state index is 12.3. The van der Waals surface area contributed by atoms with Crippen LogP contribution < -0.4 is 9.83 Å². The fourth-order valence-corrected chi connectivity index (χ4v) is 2.85. The number of aryl methyl sites for hydroxylation is 1. The second kappa shape index (κ2) is 6.44. The van der Waals surface area contributed by atoms with Crippen LogP contribution in [0.3, 0.4) is 0 Å². The molecule has 0 bridgehead atoms. The van der Waals surface area contributed by atoms with Gasteiger partial charge in [0.15, 0.2) is 0 Å². The molecule has 0 unspecified atom stereocenters. The van der Waals surface area contributed by atoms with Gasteiger partial charge in [0.2, 0.25) is 0 Å². The lowest BCUT2D eigenvalue weighted by Gasteiger charge is -2.09. The molecule has 0 saturated heterocycles. The highest BCUT2D eigenvalue weighted by molar-refractivity contribution is 7.92. The first-order valence-electron chi connectivity index (χ1n) is 6.45. The molecule has 6 heteroatoms. The second-order valence-corrected chi connectivity index (χ2v) is 6.38. The molecular formula is C16H14NO4S-. The predicted octanol–water partition coefficient (Wildman–Crippen LogP) is 1.56. The Morgan fingerprint density at radius 3 is 2.45 bits per heavy atom. The van der Waals surface area contributed by atoms with Crippen LogP contribution in [0.25, 0.3) is 6.08 Å². The Morgan fingerprint density at radius 2 is 1.82 bits per heavy atom. The molecule has 0 aliphatic heterocycles. The molecule has 114 valence electrons. The van der Waals surface area contributed by atoms with Crippen LogP contribution in [0.4, 0.5) is 5.69 Å². The first-order chi connectivity index (χ1) is 10.4. The highest BCUT2D eigenvalue weighted by Gasteiger charge is 2.13. The van der Waals surface area contributed by atoms with E-state index in [1.165, 1.54) is 24.3 Å². The Hall–Kier alpha value is -2.60. The van der Waals surface area contributed by atoms with Crippen molar-refractivity contribution < 1.29 is 18.3 Å². The third kappa shape index (κ3) is 4.20. The van der Waals surface area contributed by atoms with E-state index in [-0.39, 0.29) is 4.90 Å². The van der Waals surface area contributed by atoms with Gasteiger partial charge in [-0.15, -0.1) is 0 Å². The van der Waals surface area contributed by atoms with Crippen LogP contribution in [-0.2, 0) is 14.8 Å². The van der Waals surface area contributed by atoms with Crippen LogP contribution in [0.5, 0.6) is 0 Å². The topological polar surface area (TPSA) is 86.3 Å². The second-order valence-electron chi connectivity index (χ2n) is 4.70. The van der Waals surface area contributed by atoms with Crippen molar-refractivity contribution in [3.8, 4) is 0 Å². The van der Waals surface area contributed by atoms with Crippen molar-refractivity contribution in [3.63, 3.8) is 0 Å². The van der Waals surface area contributed by atoms with Crippen molar-refractivity contribution in [1.82, 2.24) is 0 Å². The smallest absolute Gasteiger partial charge is 0.261 e. The molecule has 22 heavy (non-hydrogen) atoms. The number of carbonyl (C=O) groups excluding carboxylic acids is 1. The van der Waals surface area contributed by atoms with E-state index in [0.717, 1.165) is 11.6 Å². The molecule has 0 aromatic heterocycles. The molecule has 0 aliphatic rings. The molecule has 0 saturated carbocycles.